The number of ether oxygens (including phenoxy) is 3. The number of esters is 2. The molecule has 2 aliphatic rings. The summed E-state index contributed by atoms with van der Waals surface area (Å²) in [5.74, 6) is -1.90. The number of hydrogen-bond acceptors (Lipinski definition) is 10. The van der Waals surface area contributed by atoms with Gasteiger partial charge in [-0.1, -0.05) is 65.4 Å². The van der Waals surface area contributed by atoms with Gasteiger partial charge < -0.3 is 24.2 Å². The number of carboxylic acid groups (broad SMARTS) is 1. The summed E-state index contributed by atoms with van der Waals surface area (Å²) in [4.78, 5) is 68.9. The molecule has 0 aliphatic carbocycles. The monoisotopic (exact) mass is 683 g/mol. The van der Waals surface area contributed by atoms with Crippen molar-refractivity contribution in [1.29, 1.82) is 0 Å². The third-order valence-corrected chi connectivity index (χ3v) is 8.82. The largest absolute Gasteiger partial charge is 0.493 e. The van der Waals surface area contributed by atoms with Gasteiger partial charge in [0.05, 0.1) is 49.3 Å². The molecule has 0 spiro atoms. The molecule has 0 radical (unpaired) electrons. The van der Waals surface area contributed by atoms with E-state index in [0.29, 0.717) is 33.9 Å². The zero-order chi connectivity index (χ0) is 35.6. The Bertz CT molecular complexity index is 2210. The van der Waals surface area contributed by atoms with Gasteiger partial charge in [-0.2, -0.15) is 0 Å². The second-order valence-electron chi connectivity index (χ2n) is 11.2. The van der Waals surface area contributed by atoms with Crippen molar-refractivity contribution in [3.05, 3.63) is 120 Å². The number of anilines is 1. The maximum Gasteiger partial charge on any atom is 0.338 e. The van der Waals surface area contributed by atoms with Gasteiger partial charge >= 0.3 is 11.9 Å². The predicted molar refractivity (Wildman–Crippen MR) is 181 cm³/mol. The van der Waals surface area contributed by atoms with Gasteiger partial charge in [0.2, 0.25) is 0 Å². The molecule has 0 saturated carbocycles. The number of fused-ring (bicyclic) bond motifs is 2. The van der Waals surface area contributed by atoms with E-state index < -0.39 is 29.5 Å². The minimum atomic E-state index is -0.960. The lowest BCUT2D eigenvalue weighted by molar-refractivity contribution is -0.137. The predicted octanol–water partition coefficient (Wildman–Crippen LogP) is 3.66. The van der Waals surface area contributed by atoms with Crippen LogP contribution in [0.2, 0.25) is 0 Å². The first-order valence-corrected chi connectivity index (χ1v) is 15.8. The zero-order valence-corrected chi connectivity index (χ0v) is 28.4. The second-order valence-corrected chi connectivity index (χ2v) is 12.2. The first-order valence-electron chi connectivity index (χ1n) is 15.0. The Kier molecular flexibility index (Phi) is 9.94. The van der Waals surface area contributed by atoms with Crippen molar-refractivity contribution in [3.8, 4) is 11.5 Å². The summed E-state index contributed by atoms with van der Waals surface area (Å²) in [5, 5.41) is 7.42. The fraction of sp³-hybridized carbons (Fsp3) is 0.222. The Balaban J connectivity index is 0.00000111. The number of carbonyl (C=O) groups excluding carboxylic acids is 3. The van der Waals surface area contributed by atoms with Crippen molar-refractivity contribution < 1.29 is 38.5 Å². The number of hydrogen-bond donors (Lipinski definition) is 1. The highest BCUT2D eigenvalue weighted by Gasteiger charge is 2.37. The fourth-order valence-electron chi connectivity index (χ4n) is 5.68. The number of amides is 1. The third-order valence-electron chi connectivity index (χ3n) is 7.77. The lowest BCUT2D eigenvalue weighted by Gasteiger charge is -2.25. The molecule has 4 aromatic rings. The Hall–Kier alpha value is -5.82. The summed E-state index contributed by atoms with van der Waals surface area (Å²) in [6, 6.07) is 19.2. The summed E-state index contributed by atoms with van der Waals surface area (Å²) in [5.41, 5.74) is 4.24. The van der Waals surface area contributed by atoms with Crippen LogP contribution in [0.5, 0.6) is 11.5 Å². The van der Waals surface area contributed by atoms with E-state index >= 15 is 0 Å². The molecule has 12 nitrogen and oxygen atoms in total. The van der Waals surface area contributed by atoms with Crippen LogP contribution in [0.15, 0.2) is 87.8 Å². The average molecular weight is 684 g/mol. The molecule has 0 fully saturated rings. The SMILES string of the molecule is CC(=O)O.COC(=O)C1=C(C)N=c2s/c(=C3\C(=O)N(Cc4ccc(C)cc4)c4ccccc43)c(=O)n2C1c1ccc(OC(C)=O)c(OC)c1. The van der Waals surface area contributed by atoms with Crippen LogP contribution in [0.1, 0.15) is 49.1 Å². The molecule has 1 N–H and O–H groups in total. The Morgan fingerprint density at radius 3 is 2.24 bits per heavy atom. The molecule has 1 aromatic heterocycles. The number of carbonyl (C=O) groups is 4. The number of para-hydroxylation sites is 1. The van der Waals surface area contributed by atoms with E-state index in [1.54, 1.807) is 24.0 Å². The zero-order valence-electron chi connectivity index (χ0n) is 27.6. The smallest absolute Gasteiger partial charge is 0.338 e. The topological polar surface area (TPSA) is 154 Å². The number of thiazole rings is 1. The van der Waals surface area contributed by atoms with Gasteiger partial charge in [-0.15, -0.1) is 0 Å². The van der Waals surface area contributed by atoms with Crippen molar-refractivity contribution in [2.24, 2.45) is 4.99 Å². The summed E-state index contributed by atoms with van der Waals surface area (Å²) >= 11 is 1.09. The minimum Gasteiger partial charge on any atom is -0.493 e. The van der Waals surface area contributed by atoms with E-state index in [1.807, 2.05) is 55.5 Å². The molecule has 6 rings (SSSR count). The van der Waals surface area contributed by atoms with Gasteiger partial charge in [0, 0.05) is 19.4 Å². The molecule has 3 heterocycles. The van der Waals surface area contributed by atoms with Crippen molar-refractivity contribution >= 4 is 46.4 Å². The van der Waals surface area contributed by atoms with Crippen LogP contribution >= 0.6 is 11.3 Å². The molecule has 2 aliphatic heterocycles. The third kappa shape index (κ3) is 6.79. The highest BCUT2D eigenvalue weighted by Crippen LogP contribution is 2.38. The van der Waals surface area contributed by atoms with E-state index in [0.717, 1.165) is 29.4 Å². The second kappa shape index (κ2) is 14.1. The number of methoxy groups -OCH3 is 2. The van der Waals surface area contributed by atoms with Crippen LogP contribution in [-0.2, 0) is 30.5 Å². The van der Waals surface area contributed by atoms with Crippen molar-refractivity contribution in [2.75, 3.05) is 19.1 Å². The van der Waals surface area contributed by atoms with Crippen LogP contribution < -0.4 is 29.3 Å². The Labute approximate surface area is 284 Å². The average Bonchev–Trinajstić information content (AvgIpc) is 3.52. The lowest BCUT2D eigenvalue weighted by Crippen LogP contribution is -2.40. The van der Waals surface area contributed by atoms with Crippen molar-refractivity contribution in [2.45, 2.75) is 40.3 Å². The first kappa shape index (κ1) is 34.5. The molecule has 1 atom stereocenters. The molecule has 0 saturated heterocycles. The van der Waals surface area contributed by atoms with E-state index in [-0.39, 0.29) is 33.1 Å². The lowest BCUT2D eigenvalue weighted by atomic mass is 9.95. The van der Waals surface area contributed by atoms with Crippen LogP contribution in [0.25, 0.3) is 5.57 Å². The summed E-state index contributed by atoms with van der Waals surface area (Å²) in [6.45, 7) is 6.37. The molecule has 3 aromatic carbocycles. The van der Waals surface area contributed by atoms with Gasteiger partial charge in [0.1, 0.15) is 4.53 Å². The van der Waals surface area contributed by atoms with Crippen LogP contribution in [-0.4, -0.2) is 47.7 Å². The number of allylic oxidation sites excluding steroid dienone is 1. The number of rotatable bonds is 6. The molecular formula is C36H33N3O9S. The van der Waals surface area contributed by atoms with Crippen molar-refractivity contribution in [1.82, 2.24) is 4.57 Å². The molecule has 1 unspecified atom stereocenters. The molecule has 0 bridgehead atoms. The van der Waals surface area contributed by atoms with Crippen molar-refractivity contribution in [3.63, 3.8) is 0 Å². The number of aliphatic carboxylic acids is 1. The number of nitrogens with zero attached hydrogens (tertiary/aromatic N) is 3. The summed E-state index contributed by atoms with van der Waals surface area (Å²) in [7, 11) is 2.68. The standard InChI is InChI=1S/C34H29N3O7S.C2H4O2/c1-18-10-12-21(13-11-18)17-36-24-9-7-6-8-23(24)28(31(36)39)30-32(40)37-29(27(33(41)43-5)19(2)35-34(37)45-30)22-14-15-25(44-20(3)38)26(16-22)42-4;1-2(3)4/h6-16,29H,17H2,1-5H3;1H3,(H,3,4)/b30-28-;. The van der Waals surface area contributed by atoms with Gasteiger partial charge in [0.15, 0.2) is 16.3 Å². The Morgan fingerprint density at radius 1 is 0.939 bits per heavy atom. The molecule has 252 valence electrons. The van der Waals surface area contributed by atoms with Gasteiger partial charge in [-0.3, -0.25) is 23.7 Å². The van der Waals surface area contributed by atoms with Crippen LogP contribution in [0.3, 0.4) is 0 Å². The fourth-order valence-corrected chi connectivity index (χ4v) is 6.82. The van der Waals surface area contributed by atoms with Crippen LogP contribution in [0.4, 0.5) is 5.69 Å². The van der Waals surface area contributed by atoms with E-state index in [9.17, 15) is 19.2 Å². The Morgan fingerprint density at radius 2 is 1.61 bits per heavy atom. The normalized spacial score (nSPS) is 15.8. The van der Waals surface area contributed by atoms with Gasteiger partial charge in [0.25, 0.3) is 17.4 Å². The van der Waals surface area contributed by atoms with E-state index in [4.69, 9.17) is 24.1 Å². The van der Waals surface area contributed by atoms with E-state index in [1.165, 1.54) is 31.8 Å². The molecule has 1 amide bonds. The minimum absolute atomic E-state index is 0.155. The van der Waals surface area contributed by atoms with Gasteiger partial charge in [-0.25, -0.2) is 9.79 Å². The first-order chi connectivity index (χ1) is 23.4. The number of aryl methyl sites for hydroxylation is 1. The van der Waals surface area contributed by atoms with E-state index in [2.05, 4.69) is 4.99 Å². The van der Waals surface area contributed by atoms with Crippen LogP contribution in [0, 0.1) is 6.92 Å². The molecular weight excluding hydrogens is 650 g/mol. The maximum absolute atomic E-state index is 14.4. The number of carboxylic acids is 1. The summed E-state index contributed by atoms with van der Waals surface area (Å²) < 4.78 is 17.5. The highest BCUT2D eigenvalue weighted by molar-refractivity contribution is 7.07. The summed E-state index contributed by atoms with van der Waals surface area (Å²) in [6.07, 6.45) is 0. The van der Waals surface area contributed by atoms with Gasteiger partial charge in [-0.05, 0) is 43.2 Å². The number of benzene rings is 3. The highest BCUT2D eigenvalue weighted by atomic mass is 32.1. The molecule has 49 heavy (non-hydrogen) atoms. The quantitative estimate of drug-likeness (QED) is 0.237. The molecule has 13 heteroatoms. The maximum atomic E-state index is 14.4. The number of aromatic nitrogens is 1.